The molecule has 0 amide bonds. The molecule has 0 saturated carbocycles. The van der Waals surface area contributed by atoms with Crippen LogP contribution in [0.2, 0.25) is 0 Å². The molecule has 0 atom stereocenters. The molecule has 84 heavy (non-hydrogen) atoms. The van der Waals surface area contributed by atoms with Gasteiger partial charge >= 0.3 is 0 Å². The van der Waals surface area contributed by atoms with Gasteiger partial charge in [-0.05, 0) is 146 Å². The zero-order chi connectivity index (χ0) is 55.1. The predicted octanol–water partition coefficient (Wildman–Crippen LogP) is 18.6. The number of fused-ring (bicyclic) bond motifs is 4. The summed E-state index contributed by atoms with van der Waals surface area (Å²) in [6.45, 7) is 2.11. The Hall–Kier alpha value is -9.87. The second kappa shape index (κ2) is 22.8. The van der Waals surface area contributed by atoms with Crippen molar-refractivity contribution in [2.24, 2.45) is 0 Å². The molecule has 1 aliphatic rings. The minimum Gasteiger partial charge on any atom is -0.510 e. The summed E-state index contributed by atoms with van der Waals surface area (Å²) in [5.41, 5.74) is 20.3. The summed E-state index contributed by atoms with van der Waals surface area (Å²) in [4.78, 5) is 7.44. The van der Waals surface area contributed by atoms with Gasteiger partial charge in [-0.3, -0.25) is 4.57 Å². The normalized spacial score (nSPS) is 12.4. The summed E-state index contributed by atoms with van der Waals surface area (Å²) in [7, 11) is 0. The van der Waals surface area contributed by atoms with E-state index in [2.05, 4.69) is 286 Å². The van der Waals surface area contributed by atoms with Gasteiger partial charge in [-0.15, -0.1) is 29.7 Å². The van der Waals surface area contributed by atoms with Crippen LogP contribution in [0.4, 0.5) is 5.69 Å². The number of ether oxygens (including phenoxy) is 1. The van der Waals surface area contributed by atoms with Crippen molar-refractivity contribution >= 4 is 38.5 Å². The standard InChI is InChI=1S/C77H55N5O.Pt/c1-6-22-54(23-7-1)58-44-59(55-24-8-2-9-25-55)47-62(46-58)68-33-21-34-69(63-48-60(56-26-10-3-11-27-56)45-61(49-63)57-28-12-4-13-29-57)77(68)81-53-80(73-36-16-17-37-74(73)81)65-30-20-31-66(50-65)83-67-38-39-71-70-32-14-15-35-72(70)82(75(71)52-67)76-51-64(40-41-78-76)79-42-18-5-19-43-79;/h1-4,6-17,20-41,44-49,51H,5,18-19,42-43H2;/q-2;. The van der Waals surface area contributed by atoms with Crippen LogP contribution in [0.3, 0.4) is 0 Å². The van der Waals surface area contributed by atoms with Gasteiger partial charge in [-0.25, -0.2) is 4.98 Å². The number of rotatable bonds is 12. The molecule has 14 aromatic rings. The third kappa shape index (κ3) is 9.99. The number of hydrogen-bond acceptors (Lipinski definition) is 3. The van der Waals surface area contributed by atoms with E-state index in [0.29, 0.717) is 11.5 Å². The van der Waals surface area contributed by atoms with Gasteiger partial charge in [0.05, 0.1) is 16.7 Å². The number of aromatic nitrogens is 4. The van der Waals surface area contributed by atoms with E-state index in [0.717, 1.165) is 130 Å². The molecule has 4 heterocycles. The van der Waals surface area contributed by atoms with Gasteiger partial charge in [0.25, 0.3) is 6.33 Å². The van der Waals surface area contributed by atoms with E-state index < -0.39 is 0 Å². The van der Waals surface area contributed by atoms with E-state index in [1.165, 1.54) is 24.9 Å². The Labute approximate surface area is 504 Å². The van der Waals surface area contributed by atoms with E-state index in [1.807, 2.05) is 24.4 Å². The molecule has 0 radical (unpaired) electrons. The van der Waals surface area contributed by atoms with Crippen molar-refractivity contribution in [2.75, 3.05) is 18.0 Å². The Morgan fingerprint density at radius 3 is 1.51 bits per heavy atom. The number of pyridine rings is 1. The molecule has 0 unspecified atom stereocenters. The first kappa shape index (κ1) is 52.2. The van der Waals surface area contributed by atoms with Gasteiger partial charge in [0.15, 0.2) is 0 Å². The first-order chi connectivity index (χ1) is 41.1. The van der Waals surface area contributed by atoms with Crippen LogP contribution in [-0.2, 0) is 21.1 Å². The van der Waals surface area contributed by atoms with Crippen LogP contribution in [0.25, 0.3) is 117 Å². The van der Waals surface area contributed by atoms with E-state index in [1.54, 1.807) is 0 Å². The van der Waals surface area contributed by atoms with Crippen LogP contribution in [-0.4, -0.2) is 27.2 Å². The molecule has 1 saturated heterocycles. The number of imidazole rings is 1. The summed E-state index contributed by atoms with van der Waals surface area (Å²) >= 11 is 0. The van der Waals surface area contributed by atoms with Crippen LogP contribution in [0, 0.1) is 18.5 Å². The van der Waals surface area contributed by atoms with Crippen LogP contribution < -0.4 is 14.2 Å². The van der Waals surface area contributed by atoms with Crippen LogP contribution in [0.5, 0.6) is 11.5 Å². The topological polar surface area (TPSA) is 39.1 Å². The van der Waals surface area contributed by atoms with E-state index in [4.69, 9.17) is 9.72 Å². The molecule has 0 N–H and O–H groups in total. The molecular formula is C77H55N5OPt-2. The van der Waals surface area contributed by atoms with Gasteiger partial charge < -0.3 is 18.8 Å². The summed E-state index contributed by atoms with van der Waals surface area (Å²) in [6.07, 6.45) is 9.55. The average molecular weight is 1260 g/mol. The largest absolute Gasteiger partial charge is 0.510 e. The Morgan fingerprint density at radius 2 is 0.917 bits per heavy atom. The zero-order valence-corrected chi connectivity index (χ0v) is 48.2. The molecule has 1 fully saturated rings. The van der Waals surface area contributed by atoms with E-state index in [-0.39, 0.29) is 21.1 Å². The minimum absolute atomic E-state index is 0. The quantitative estimate of drug-likeness (QED) is 0.0904. The Kier molecular flexibility index (Phi) is 14.2. The molecule has 11 aromatic carbocycles. The number of anilines is 1. The molecule has 0 bridgehead atoms. The fourth-order valence-corrected chi connectivity index (χ4v) is 12.2. The first-order valence-corrected chi connectivity index (χ1v) is 28.6. The SMILES string of the molecule is [Pt].[c-]1c(Oc2[c-]c3c(cc2)c2ccccc2n3-c2cc(N3CCCCC3)ccn2)cccc1-n1[c-][n+](-c2c(-c3cc(-c4ccccc4)cc(-c4ccccc4)c3)cccc2-c2cc(-c3ccccc3)cc(-c3ccccc3)c2)c2ccccc21. The average Bonchev–Trinajstić information content (AvgIpc) is 4.03. The third-order valence-electron chi connectivity index (χ3n) is 16.2. The van der Waals surface area contributed by atoms with Crippen LogP contribution >= 0.6 is 0 Å². The molecule has 0 spiro atoms. The van der Waals surface area contributed by atoms with Crippen LogP contribution in [0.1, 0.15) is 19.3 Å². The molecule has 3 aromatic heterocycles. The third-order valence-corrected chi connectivity index (χ3v) is 16.2. The maximum atomic E-state index is 6.82. The first-order valence-electron chi connectivity index (χ1n) is 28.6. The fourth-order valence-electron chi connectivity index (χ4n) is 12.2. The maximum Gasteiger partial charge on any atom is 0.268 e. The van der Waals surface area contributed by atoms with Crippen molar-refractivity contribution in [3.05, 3.63) is 292 Å². The number of para-hydroxylation sites is 4. The summed E-state index contributed by atoms with van der Waals surface area (Å²) in [5.74, 6) is 2.00. The molecular weight excluding hydrogens is 1210 g/mol. The van der Waals surface area contributed by atoms with Gasteiger partial charge in [-0.2, -0.15) is 18.2 Å². The Morgan fingerprint density at radius 1 is 0.405 bits per heavy atom. The minimum atomic E-state index is 0. The summed E-state index contributed by atoms with van der Waals surface area (Å²) < 4.78 is 13.4. The van der Waals surface area contributed by atoms with Crippen molar-refractivity contribution in [3.63, 3.8) is 0 Å². The number of piperidine rings is 1. The van der Waals surface area contributed by atoms with Crippen molar-refractivity contribution < 1.29 is 30.4 Å². The smallest absolute Gasteiger partial charge is 0.268 e. The summed E-state index contributed by atoms with van der Waals surface area (Å²) in [5, 5.41) is 2.22. The molecule has 7 heteroatoms. The fraction of sp³-hybridized carbons (Fsp3) is 0.0649. The summed E-state index contributed by atoms with van der Waals surface area (Å²) in [6, 6.07) is 102. The van der Waals surface area contributed by atoms with Crippen molar-refractivity contribution in [1.29, 1.82) is 0 Å². The molecule has 15 rings (SSSR count). The van der Waals surface area contributed by atoms with Gasteiger partial charge in [-0.1, -0.05) is 188 Å². The number of hydrogen-bond donors (Lipinski definition) is 0. The molecule has 406 valence electrons. The molecule has 6 nitrogen and oxygen atoms in total. The van der Waals surface area contributed by atoms with Gasteiger partial charge in [0, 0.05) is 69.1 Å². The van der Waals surface area contributed by atoms with E-state index >= 15 is 0 Å². The zero-order valence-electron chi connectivity index (χ0n) is 46.0. The predicted molar refractivity (Wildman–Crippen MR) is 339 cm³/mol. The van der Waals surface area contributed by atoms with Gasteiger partial charge in [0.2, 0.25) is 0 Å². The van der Waals surface area contributed by atoms with Crippen LogP contribution in [0.15, 0.2) is 273 Å². The maximum absolute atomic E-state index is 6.82. The van der Waals surface area contributed by atoms with Crippen molar-refractivity contribution in [3.8, 4) is 95.5 Å². The molecule has 1 aliphatic heterocycles. The Bertz CT molecular complexity index is 4420. The van der Waals surface area contributed by atoms with E-state index in [9.17, 15) is 0 Å². The van der Waals surface area contributed by atoms with Crippen molar-refractivity contribution in [2.45, 2.75) is 19.3 Å². The molecule has 0 aliphatic carbocycles. The van der Waals surface area contributed by atoms with Crippen molar-refractivity contribution in [1.82, 2.24) is 14.1 Å². The second-order valence-corrected chi connectivity index (χ2v) is 21.4. The number of benzene rings is 11. The Balaban J connectivity index is 0.00000627. The monoisotopic (exact) mass is 1260 g/mol. The second-order valence-electron chi connectivity index (χ2n) is 21.4. The number of nitrogens with zero attached hydrogens (tertiary/aromatic N) is 5. The van der Waals surface area contributed by atoms with Gasteiger partial charge in [0.1, 0.15) is 5.82 Å².